The lowest BCUT2D eigenvalue weighted by Gasteiger charge is -2.23. The summed E-state index contributed by atoms with van der Waals surface area (Å²) < 4.78 is 10.2. The van der Waals surface area contributed by atoms with Crippen molar-refractivity contribution in [2.24, 2.45) is 0 Å². The standard InChI is InChI=1S/C12H16N2O5/c15-10(16)12(4-7-18-8-12)14-11(17)13-5-3-9-2-1-6-19-9/h1-2,6H,3-5,7-8H2,(H,15,16)(H2,13,14,17). The number of aliphatic carboxylic acids is 1. The summed E-state index contributed by atoms with van der Waals surface area (Å²) in [6, 6.07) is 3.06. The summed E-state index contributed by atoms with van der Waals surface area (Å²) in [5, 5.41) is 14.2. The maximum atomic E-state index is 11.7. The van der Waals surface area contributed by atoms with E-state index >= 15 is 0 Å². The summed E-state index contributed by atoms with van der Waals surface area (Å²) in [6.45, 7) is 0.697. The van der Waals surface area contributed by atoms with E-state index in [4.69, 9.17) is 14.3 Å². The summed E-state index contributed by atoms with van der Waals surface area (Å²) in [5.74, 6) is -0.316. The van der Waals surface area contributed by atoms with Gasteiger partial charge in [0.1, 0.15) is 5.76 Å². The Balaban J connectivity index is 1.78. The number of ether oxygens (including phenoxy) is 1. The number of rotatable bonds is 5. The van der Waals surface area contributed by atoms with E-state index in [9.17, 15) is 9.59 Å². The van der Waals surface area contributed by atoms with Crippen molar-refractivity contribution in [1.29, 1.82) is 0 Å². The molecule has 1 fully saturated rings. The molecule has 0 aromatic carbocycles. The van der Waals surface area contributed by atoms with Crippen LogP contribution in [0.15, 0.2) is 22.8 Å². The molecule has 1 aromatic heterocycles. The first-order chi connectivity index (χ1) is 9.12. The van der Waals surface area contributed by atoms with E-state index in [1.54, 1.807) is 12.3 Å². The number of carbonyl (C=O) groups is 2. The van der Waals surface area contributed by atoms with Crippen LogP contribution in [0.3, 0.4) is 0 Å². The first kappa shape index (κ1) is 13.4. The van der Waals surface area contributed by atoms with Crippen molar-refractivity contribution in [2.45, 2.75) is 18.4 Å². The summed E-state index contributed by atoms with van der Waals surface area (Å²) in [4.78, 5) is 22.8. The molecule has 7 heteroatoms. The Morgan fingerprint density at radius 2 is 2.32 bits per heavy atom. The normalized spacial score (nSPS) is 22.1. The van der Waals surface area contributed by atoms with Gasteiger partial charge in [-0.3, -0.25) is 0 Å². The third-order valence-electron chi connectivity index (χ3n) is 3.02. The van der Waals surface area contributed by atoms with Crippen molar-refractivity contribution in [3.8, 4) is 0 Å². The van der Waals surface area contributed by atoms with Gasteiger partial charge in [-0.2, -0.15) is 0 Å². The number of hydrogen-bond donors (Lipinski definition) is 3. The molecule has 1 aliphatic rings. The molecule has 3 N–H and O–H groups in total. The van der Waals surface area contributed by atoms with Crippen molar-refractivity contribution in [3.05, 3.63) is 24.2 Å². The number of nitrogens with one attached hydrogen (secondary N) is 2. The van der Waals surface area contributed by atoms with Crippen LogP contribution in [-0.2, 0) is 16.0 Å². The van der Waals surface area contributed by atoms with E-state index in [0.717, 1.165) is 5.76 Å². The smallest absolute Gasteiger partial charge is 0.332 e. The van der Waals surface area contributed by atoms with Gasteiger partial charge in [0.15, 0.2) is 5.54 Å². The quantitative estimate of drug-likeness (QED) is 0.716. The van der Waals surface area contributed by atoms with Crippen LogP contribution in [0.1, 0.15) is 12.2 Å². The fourth-order valence-corrected chi connectivity index (χ4v) is 1.90. The van der Waals surface area contributed by atoms with Gasteiger partial charge in [-0.05, 0) is 12.1 Å². The number of carboxylic acid groups (broad SMARTS) is 1. The van der Waals surface area contributed by atoms with E-state index in [1.165, 1.54) is 0 Å². The zero-order valence-corrected chi connectivity index (χ0v) is 10.3. The SMILES string of the molecule is O=C(NCCc1ccco1)NC1(C(=O)O)CCOC1. The van der Waals surface area contributed by atoms with E-state index in [2.05, 4.69) is 10.6 Å². The molecule has 1 saturated heterocycles. The van der Waals surface area contributed by atoms with Gasteiger partial charge >= 0.3 is 12.0 Å². The average molecular weight is 268 g/mol. The number of urea groups is 1. The van der Waals surface area contributed by atoms with Crippen LogP contribution in [0.4, 0.5) is 4.79 Å². The Morgan fingerprint density at radius 3 is 2.89 bits per heavy atom. The molecule has 2 heterocycles. The third-order valence-corrected chi connectivity index (χ3v) is 3.02. The molecule has 2 amide bonds. The molecule has 19 heavy (non-hydrogen) atoms. The average Bonchev–Trinajstić information content (AvgIpc) is 3.00. The second-order valence-electron chi connectivity index (χ2n) is 4.40. The van der Waals surface area contributed by atoms with Crippen LogP contribution < -0.4 is 10.6 Å². The highest BCUT2D eigenvalue weighted by molar-refractivity contribution is 5.86. The fraction of sp³-hybridized carbons (Fsp3) is 0.500. The van der Waals surface area contributed by atoms with E-state index in [0.29, 0.717) is 19.6 Å². The van der Waals surface area contributed by atoms with Crippen LogP contribution in [0.25, 0.3) is 0 Å². The summed E-state index contributed by atoms with van der Waals surface area (Å²) in [6.07, 6.45) is 2.38. The predicted molar refractivity (Wildman–Crippen MR) is 64.7 cm³/mol. The molecule has 1 atom stereocenters. The van der Waals surface area contributed by atoms with Gasteiger partial charge in [0, 0.05) is 26.0 Å². The molecule has 1 unspecified atom stereocenters. The highest BCUT2D eigenvalue weighted by Gasteiger charge is 2.43. The number of carbonyl (C=O) groups excluding carboxylic acids is 1. The molecular weight excluding hydrogens is 252 g/mol. The van der Waals surface area contributed by atoms with E-state index in [-0.39, 0.29) is 13.0 Å². The second kappa shape index (κ2) is 5.75. The lowest BCUT2D eigenvalue weighted by atomic mass is 9.99. The maximum Gasteiger partial charge on any atom is 0.332 e. The first-order valence-electron chi connectivity index (χ1n) is 6.02. The minimum absolute atomic E-state index is 0.00601. The lowest BCUT2D eigenvalue weighted by molar-refractivity contribution is -0.144. The molecule has 0 bridgehead atoms. The summed E-state index contributed by atoms with van der Waals surface area (Å²) >= 11 is 0. The highest BCUT2D eigenvalue weighted by Crippen LogP contribution is 2.18. The first-order valence-corrected chi connectivity index (χ1v) is 6.02. The minimum Gasteiger partial charge on any atom is -0.479 e. The topological polar surface area (TPSA) is 101 Å². The molecule has 0 spiro atoms. The zero-order chi connectivity index (χ0) is 13.7. The molecule has 7 nitrogen and oxygen atoms in total. The van der Waals surface area contributed by atoms with Crippen LogP contribution in [0.2, 0.25) is 0 Å². The largest absolute Gasteiger partial charge is 0.479 e. The maximum absolute atomic E-state index is 11.7. The number of amides is 2. The van der Waals surface area contributed by atoms with Gasteiger partial charge in [0.2, 0.25) is 0 Å². The Hall–Kier alpha value is -2.02. The van der Waals surface area contributed by atoms with Crippen LogP contribution >= 0.6 is 0 Å². The van der Waals surface area contributed by atoms with E-state index < -0.39 is 17.5 Å². The third kappa shape index (κ3) is 3.25. The zero-order valence-electron chi connectivity index (χ0n) is 10.3. The molecule has 1 aromatic rings. The van der Waals surface area contributed by atoms with Gasteiger partial charge in [0.25, 0.3) is 0 Å². The van der Waals surface area contributed by atoms with Gasteiger partial charge in [-0.25, -0.2) is 9.59 Å². The Morgan fingerprint density at radius 1 is 1.47 bits per heavy atom. The molecule has 104 valence electrons. The molecular formula is C12H16N2O5. The fourth-order valence-electron chi connectivity index (χ4n) is 1.90. The summed E-state index contributed by atoms with van der Waals surface area (Å²) in [7, 11) is 0. The van der Waals surface area contributed by atoms with Crippen LogP contribution in [-0.4, -0.2) is 42.4 Å². The predicted octanol–water partition coefficient (Wildman–Crippen LogP) is 0.365. The van der Waals surface area contributed by atoms with Gasteiger partial charge < -0.3 is 24.9 Å². The van der Waals surface area contributed by atoms with Gasteiger partial charge in [0.05, 0.1) is 12.9 Å². The minimum atomic E-state index is -1.31. The van der Waals surface area contributed by atoms with Gasteiger partial charge in [-0.1, -0.05) is 0 Å². The second-order valence-corrected chi connectivity index (χ2v) is 4.40. The monoisotopic (exact) mass is 268 g/mol. The van der Waals surface area contributed by atoms with Crippen molar-refractivity contribution in [3.63, 3.8) is 0 Å². The molecule has 0 aliphatic carbocycles. The van der Waals surface area contributed by atoms with E-state index in [1.807, 2.05) is 6.07 Å². The van der Waals surface area contributed by atoms with Crippen molar-refractivity contribution in [1.82, 2.24) is 10.6 Å². The summed E-state index contributed by atoms with van der Waals surface area (Å²) in [5.41, 5.74) is -1.31. The van der Waals surface area contributed by atoms with Crippen molar-refractivity contribution < 1.29 is 23.8 Å². The number of furan rings is 1. The number of carboxylic acids is 1. The lowest BCUT2D eigenvalue weighted by Crippen LogP contribution is -2.57. The van der Waals surface area contributed by atoms with Crippen LogP contribution in [0, 0.1) is 0 Å². The van der Waals surface area contributed by atoms with Crippen LogP contribution in [0.5, 0.6) is 0 Å². The molecule has 1 aliphatic heterocycles. The highest BCUT2D eigenvalue weighted by atomic mass is 16.5. The number of hydrogen-bond acceptors (Lipinski definition) is 4. The van der Waals surface area contributed by atoms with Crippen molar-refractivity contribution >= 4 is 12.0 Å². The van der Waals surface area contributed by atoms with Crippen molar-refractivity contribution in [2.75, 3.05) is 19.8 Å². The Labute approximate surface area is 109 Å². The molecule has 0 radical (unpaired) electrons. The molecule has 0 saturated carbocycles. The van der Waals surface area contributed by atoms with Gasteiger partial charge in [-0.15, -0.1) is 0 Å². The Kier molecular flexibility index (Phi) is 4.06. The molecule has 2 rings (SSSR count). The Bertz CT molecular complexity index is 437.